The molecule has 0 unspecified atom stereocenters. The van der Waals surface area contributed by atoms with Gasteiger partial charge >= 0.3 is 0 Å². The Labute approximate surface area is 108 Å². The van der Waals surface area contributed by atoms with Crippen molar-refractivity contribution in [2.75, 3.05) is 0 Å². The van der Waals surface area contributed by atoms with Gasteiger partial charge in [-0.25, -0.2) is 4.98 Å². The van der Waals surface area contributed by atoms with E-state index in [1.807, 2.05) is 16.5 Å². The van der Waals surface area contributed by atoms with Crippen LogP contribution in [0.15, 0.2) is 28.3 Å². The van der Waals surface area contributed by atoms with Crippen molar-refractivity contribution < 1.29 is 0 Å². The Balaban J connectivity index is 2.25. The molecule has 3 aromatic rings. The van der Waals surface area contributed by atoms with Crippen molar-refractivity contribution in [1.82, 2.24) is 19.6 Å². The maximum Gasteiger partial charge on any atom is 0.179 e. The van der Waals surface area contributed by atoms with Crippen LogP contribution >= 0.6 is 38.9 Å². The van der Waals surface area contributed by atoms with Gasteiger partial charge in [-0.05, 0) is 28.1 Å². The fourth-order valence-corrected chi connectivity index (χ4v) is 2.88. The van der Waals surface area contributed by atoms with Crippen molar-refractivity contribution >= 4 is 44.5 Å². The van der Waals surface area contributed by atoms with Crippen molar-refractivity contribution in [3.05, 3.63) is 33.5 Å². The molecule has 0 bridgehead atoms. The highest BCUT2D eigenvalue weighted by Gasteiger charge is 2.10. The molecule has 0 saturated heterocycles. The van der Waals surface area contributed by atoms with Crippen molar-refractivity contribution in [1.29, 1.82) is 0 Å². The second kappa shape index (κ2) is 3.80. The SMILES string of the molecule is Clc1cc2nnc(-c3ccc(Br)s3)n2cn1. The van der Waals surface area contributed by atoms with Gasteiger partial charge in [0.15, 0.2) is 11.5 Å². The summed E-state index contributed by atoms with van der Waals surface area (Å²) in [5.41, 5.74) is 0.694. The van der Waals surface area contributed by atoms with Gasteiger partial charge < -0.3 is 0 Å². The van der Waals surface area contributed by atoms with Crippen molar-refractivity contribution in [2.45, 2.75) is 0 Å². The highest BCUT2D eigenvalue weighted by molar-refractivity contribution is 9.11. The minimum absolute atomic E-state index is 0.416. The van der Waals surface area contributed by atoms with E-state index in [4.69, 9.17) is 11.6 Å². The molecule has 3 rings (SSSR count). The van der Waals surface area contributed by atoms with Gasteiger partial charge in [0.25, 0.3) is 0 Å². The van der Waals surface area contributed by atoms with E-state index in [-0.39, 0.29) is 0 Å². The number of halogens is 2. The lowest BCUT2D eigenvalue weighted by molar-refractivity contribution is 1.08. The molecule has 0 aliphatic heterocycles. The first-order valence-electron chi connectivity index (χ1n) is 4.36. The monoisotopic (exact) mass is 314 g/mol. The van der Waals surface area contributed by atoms with Gasteiger partial charge in [0.05, 0.1) is 8.66 Å². The number of fused-ring (bicyclic) bond motifs is 1. The summed E-state index contributed by atoms with van der Waals surface area (Å²) in [5, 5.41) is 8.58. The molecular weight excluding hydrogens is 312 g/mol. The van der Waals surface area contributed by atoms with Gasteiger partial charge in [0, 0.05) is 6.07 Å². The summed E-state index contributed by atoms with van der Waals surface area (Å²) in [7, 11) is 0. The second-order valence-corrected chi connectivity index (χ2v) is 5.92. The van der Waals surface area contributed by atoms with Crippen LogP contribution in [0.3, 0.4) is 0 Å². The van der Waals surface area contributed by atoms with E-state index >= 15 is 0 Å². The van der Waals surface area contributed by atoms with Gasteiger partial charge in [-0.15, -0.1) is 21.5 Å². The van der Waals surface area contributed by atoms with E-state index in [9.17, 15) is 0 Å². The quantitative estimate of drug-likeness (QED) is 0.647. The molecule has 0 spiro atoms. The van der Waals surface area contributed by atoms with E-state index in [0.717, 1.165) is 14.5 Å². The summed E-state index contributed by atoms with van der Waals surface area (Å²) >= 11 is 10.8. The summed E-state index contributed by atoms with van der Waals surface area (Å²) in [6.07, 6.45) is 1.63. The maximum atomic E-state index is 5.78. The van der Waals surface area contributed by atoms with E-state index in [0.29, 0.717) is 10.8 Å². The third kappa shape index (κ3) is 1.63. The molecule has 0 aromatic carbocycles. The van der Waals surface area contributed by atoms with Gasteiger partial charge in [0.2, 0.25) is 0 Å². The number of hydrogen-bond acceptors (Lipinski definition) is 4. The van der Waals surface area contributed by atoms with Crippen LogP contribution in [0.2, 0.25) is 5.15 Å². The fourth-order valence-electron chi connectivity index (χ4n) is 1.37. The van der Waals surface area contributed by atoms with E-state index in [2.05, 4.69) is 31.1 Å². The fraction of sp³-hybridized carbons (Fsp3) is 0. The number of aromatic nitrogens is 4. The number of thiophene rings is 1. The molecular formula is C9H4BrClN4S. The first-order chi connectivity index (χ1) is 7.74. The summed E-state index contributed by atoms with van der Waals surface area (Å²) in [6, 6.07) is 5.64. The molecule has 7 heteroatoms. The van der Waals surface area contributed by atoms with Crippen LogP contribution in [-0.4, -0.2) is 19.6 Å². The predicted molar refractivity (Wildman–Crippen MR) is 66.8 cm³/mol. The largest absolute Gasteiger partial charge is 0.264 e. The third-order valence-corrected chi connectivity index (χ3v) is 3.89. The molecule has 0 aliphatic rings. The summed E-state index contributed by atoms with van der Waals surface area (Å²) in [5.74, 6) is 0.773. The number of hydrogen-bond donors (Lipinski definition) is 0. The summed E-state index contributed by atoms with van der Waals surface area (Å²) in [6.45, 7) is 0. The molecule has 3 aromatic heterocycles. The molecule has 0 N–H and O–H groups in total. The Hall–Kier alpha value is -0.980. The van der Waals surface area contributed by atoms with Gasteiger partial charge in [-0.1, -0.05) is 11.6 Å². The zero-order chi connectivity index (χ0) is 11.1. The number of nitrogens with zero attached hydrogens (tertiary/aromatic N) is 4. The van der Waals surface area contributed by atoms with Crippen LogP contribution in [0.5, 0.6) is 0 Å². The third-order valence-electron chi connectivity index (χ3n) is 2.06. The van der Waals surface area contributed by atoms with Crippen LogP contribution in [0.25, 0.3) is 16.3 Å². The number of rotatable bonds is 1. The van der Waals surface area contributed by atoms with Crippen LogP contribution < -0.4 is 0 Å². The maximum absolute atomic E-state index is 5.78. The van der Waals surface area contributed by atoms with Crippen LogP contribution in [0.4, 0.5) is 0 Å². The standard InChI is InChI=1S/C9H4BrClN4S/c10-6-2-1-5(16-6)9-14-13-8-3-7(11)12-4-15(8)9/h1-4H. The zero-order valence-corrected chi connectivity index (χ0v) is 10.9. The highest BCUT2D eigenvalue weighted by Crippen LogP contribution is 2.30. The lowest BCUT2D eigenvalue weighted by atomic mass is 10.4. The van der Waals surface area contributed by atoms with Crippen molar-refractivity contribution in [3.63, 3.8) is 0 Å². The molecule has 0 aliphatic carbocycles. The van der Waals surface area contributed by atoms with Crippen LogP contribution in [0, 0.1) is 0 Å². The van der Waals surface area contributed by atoms with Crippen molar-refractivity contribution in [2.24, 2.45) is 0 Å². The van der Waals surface area contributed by atoms with E-state index in [1.165, 1.54) is 0 Å². The first kappa shape index (κ1) is 10.2. The minimum Gasteiger partial charge on any atom is -0.264 e. The Bertz CT molecular complexity index is 662. The van der Waals surface area contributed by atoms with E-state index in [1.54, 1.807) is 23.7 Å². The van der Waals surface area contributed by atoms with Gasteiger partial charge in [0.1, 0.15) is 11.5 Å². The van der Waals surface area contributed by atoms with Crippen LogP contribution in [0.1, 0.15) is 0 Å². The average Bonchev–Trinajstić information content (AvgIpc) is 2.83. The molecule has 0 saturated carbocycles. The summed E-state index contributed by atoms with van der Waals surface area (Å²) < 4.78 is 2.87. The molecule has 80 valence electrons. The molecule has 16 heavy (non-hydrogen) atoms. The lowest BCUT2D eigenvalue weighted by Gasteiger charge is -1.95. The Morgan fingerprint density at radius 1 is 1.31 bits per heavy atom. The van der Waals surface area contributed by atoms with Gasteiger partial charge in [-0.3, -0.25) is 4.40 Å². The Kier molecular flexibility index (Phi) is 2.42. The zero-order valence-electron chi connectivity index (χ0n) is 7.76. The Morgan fingerprint density at radius 3 is 2.94 bits per heavy atom. The molecule has 0 atom stereocenters. The van der Waals surface area contributed by atoms with Crippen LogP contribution in [-0.2, 0) is 0 Å². The smallest absolute Gasteiger partial charge is 0.179 e. The second-order valence-electron chi connectivity index (χ2n) is 3.07. The lowest BCUT2D eigenvalue weighted by Crippen LogP contribution is -1.89. The van der Waals surface area contributed by atoms with Crippen molar-refractivity contribution in [3.8, 4) is 10.7 Å². The molecule has 0 fully saturated rings. The predicted octanol–water partition coefficient (Wildman–Crippen LogP) is 3.27. The first-order valence-corrected chi connectivity index (χ1v) is 6.35. The van der Waals surface area contributed by atoms with E-state index < -0.39 is 0 Å². The minimum atomic E-state index is 0.416. The molecule has 0 radical (unpaired) electrons. The average molecular weight is 316 g/mol. The van der Waals surface area contributed by atoms with Gasteiger partial charge in [-0.2, -0.15) is 0 Å². The molecule has 3 heterocycles. The molecule has 4 nitrogen and oxygen atoms in total. The highest BCUT2D eigenvalue weighted by atomic mass is 79.9. The molecule has 0 amide bonds. The Morgan fingerprint density at radius 2 is 2.19 bits per heavy atom. The topological polar surface area (TPSA) is 43.1 Å². The normalized spacial score (nSPS) is 11.1. The summed E-state index contributed by atoms with van der Waals surface area (Å²) in [4.78, 5) is 5.04.